The van der Waals surface area contributed by atoms with Crippen LogP contribution in [-0.2, 0) is 9.84 Å². The summed E-state index contributed by atoms with van der Waals surface area (Å²) in [5, 5.41) is 3.88. The minimum Gasteiger partial charge on any atom is -0.367 e. The van der Waals surface area contributed by atoms with Crippen molar-refractivity contribution in [2.75, 3.05) is 17.2 Å². The number of hydrogen-bond donors (Lipinski definition) is 1. The topological polar surface area (TPSA) is 90.9 Å². The van der Waals surface area contributed by atoms with Crippen LogP contribution in [0, 0.1) is 0 Å². The molecule has 0 saturated carbocycles. The number of nitrogens with zero attached hydrogens (tertiary/aromatic N) is 3. The standard InChI is InChI=1S/C6H10N4O2S/c7-6-8-4-10(9-6)5-1-2-13(11,12)3-5/h4-5H,1-3H2,(H2,7,9). The van der Waals surface area contributed by atoms with Gasteiger partial charge in [-0.15, -0.1) is 5.10 Å². The maximum Gasteiger partial charge on any atom is 0.239 e. The summed E-state index contributed by atoms with van der Waals surface area (Å²) in [5.41, 5.74) is 5.32. The predicted octanol–water partition coefficient (Wildman–Crippen LogP) is -0.780. The van der Waals surface area contributed by atoms with Crippen molar-refractivity contribution in [3.05, 3.63) is 6.33 Å². The molecule has 0 spiro atoms. The molecule has 13 heavy (non-hydrogen) atoms. The van der Waals surface area contributed by atoms with E-state index in [1.807, 2.05) is 0 Å². The second-order valence-corrected chi connectivity index (χ2v) is 5.37. The Balaban J connectivity index is 2.21. The largest absolute Gasteiger partial charge is 0.367 e. The van der Waals surface area contributed by atoms with E-state index >= 15 is 0 Å². The summed E-state index contributed by atoms with van der Waals surface area (Å²) in [5.74, 6) is 0.567. The van der Waals surface area contributed by atoms with E-state index in [0.29, 0.717) is 6.42 Å². The molecule has 1 aliphatic rings. The Bertz CT molecular complexity index is 410. The highest BCUT2D eigenvalue weighted by Gasteiger charge is 2.29. The van der Waals surface area contributed by atoms with Crippen LogP contribution in [0.25, 0.3) is 0 Å². The first kappa shape index (κ1) is 8.49. The highest BCUT2D eigenvalue weighted by molar-refractivity contribution is 7.91. The van der Waals surface area contributed by atoms with Crippen molar-refractivity contribution >= 4 is 15.8 Å². The van der Waals surface area contributed by atoms with Gasteiger partial charge in [0.05, 0.1) is 17.5 Å². The number of hydrogen-bond acceptors (Lipinski definition) is 5. The molecule has 1 unspecified atom stereocenters. The molecule has 1 saturated heterocycles. The maximum absolute atomic E-state index is 11.1. The van der Waals surface area contributed by atoms with Crippen LogP contribution in [0.1, 0.15) is 12.5 Å². The molecule has 72 valence electrons. The highest BCUT2D eigenvalue weighted by Crippen LogP contribution is 2.22. The summed E-state index contributed by atoms with van der Waals surface area (Å²) in [7, 11) is -2.86. The van der Waals surface area contributed by atoms with Gasteiger partial charge in [0.2, 0.25) is 5.95 Å². The van der Waals surface area contributed by atoms with Crippen molar-refractivity contribution in [2.45, 2.75) is 12.5 Å². The summed E-state index contributed by atoms with van der Waals surface area (Å²) in [6, 6.07) is -0.0881. The van der Waals surface area contributed by atoms with Crippen LogP contribution in [0.5, 0.6) is 0 Å². The smallest absolute Gasteiger partial charge is 0.239 e. The third kappa shape index (κ3) is 1.64. The first-order valence-corrected chi connectivity index (χ1v) is 5.76. The van der Waals surface area contributed by atoms with Crippen molar-refractivity contribution in [3.8, 4) is 0 Å². The molecule has 7 heteroatoms. The van der Waals surface area contributed by atoms with Gasteiger partial charge in [-0.3, -0.25) is 0 Å². The molecule has 0 bridgehead atoms. The Hall–Kier alpha value is -1.11. The van der Waals surface area contributed by atoms with Crippen LogP contribution in [0.4, 0.5) is 5.95 Å². The molecular formula is C6H10N4O2S. The SMILES string of the molecule is Nc1ncn(C2CCS(=O)(=O)C2)n1. The Labute approximate surface area is 75.7 Å². The van der Waals surface area contributed by atoms with E-state index < -0.39 is 9.84 Å². The van der Waals surface area contributed by atoms with Crippen LogP contribution >= 0.6 is 0 Å². The first-order valence-electron chi connectivity index (χ1n) is 3.94. The van der Waals surface area contributed by atoms with E-state index in [1.165, 1.54) is 11.0 Å². The van der Waals surface area contributed by atoms with E-state index in [-0.39, 0.29) is 23.5 Å². The molecule has 2 N–H and O–H groups in total. The molecule has 1 aromatic heterocycles. The molecule has 0 aliphatic carbocycles. The summed E-state index contributed by atoms with van der Waals surface area (Å²) in [6.07, 6.45) is 2.08. The Kier molecular flexibility index (Phi) is 1.76. The Morgan fingerprint density at radius 2 is 2.38 bits per heavy atom. The van der Waals surface area contributed by atoms with E-state index in [4.69, 9.17) is 5.73 Å². The van der Waals surface area contributed by atoms with Crippen LogP contribution in [0.15, 0.2) is 6.33 Å². The van der Waals surface area contributed by atoms with Crippen molar-refractivity contribution in [3.63, 3.8) is 0 Å². The van der Waals surface area contributed by atoms with Crippen LogP contribution in [0.2, 0.25) is 0 Å². The molecule has 0 aromatic carbocycles. The van der Waals surface area contributed by atoms with Gasteiger partial charge >= 0.3 is 0 Å². The fourth-order valence-electron chi connectivity index (χ4n) is 1.45. The lowest BCUT2D eigenvalue weighted by Crippen LogP contribution is -2.11. The zero-order chi connectivity index (χ0) is 9.47. The second kappa shape index (κ2) is 2.69. The van der Waals surface area contributed by atoms with Crippen molar-refractivity contribution in [2.24, 2.45) is 0 Å². The lowest BCUT2D eigenvalue weighted by Gasteiger charge is -2.05. The molecule has 0 radical (unpaired) electrons. The zero-order valence-electron chi connectivity index (χ0n) is 6.92. The average Bonchev–Trinajstić information content (AvgIpc) is 2.56. The molecule has 0 amide bonds. The van der Waals surface area contributed by atoms with Crippen molar-refractivity contribution in [1.82, 2.24) is 14.8 Å². The van der Waals surface area contributed by atoms with E-state index in [1.54, 1.807) is 0 Å². The normalized spacial score (nSPS) is 26.3. The minimum absolute atomic E-state index is 0.0881. The molecule has 1 atom stereocenters. The Morgan fingerprint density at radius 1 is 1.62 bits per heavy atom. The van der Waals surface area contributed by atoms with Crippen LogP contribution in [-0.4, -0.2) is 34.7 Å². The number of nitrogens with two attached hydrogens (primary N) is 1. The lowest BCUT2D eigenvalue weighted by molar-refractivity contribution is 0.499. The monoisotopic (exact) mass is 202 g/mol. The second-order valence-electron chi connectivity index (χ2n) is 3.14. The van der Waals surface area contributed by atoms with Gasteiger partial charge < -0.3 is 5.73 Å². The van der Waals surface area contributed by atoms with Gasteiger partial charge in [-0.1, -0.05) is 0 Å². The van der Waals surface area contributed by atoms with Gasteiger partial charge in [0.15, 0.2) is 9.84 Å². The number of aromatic nitrogens is 3. The predicted molar refractivity (Wildman–Crippen MR) is 46.7 cm³/mol. The van der Waals surface area contributed by atoms with Gasteiger partial charge in [-0.25, -0.2) is 18.1 Å². The summed E-state index contributed by atoms with van der Waals surface area (Å²) >= 11 is 0. The fourth-order valence-corrected chi connectivity index (χ4v) is 3.15. The van der Waals surface area contributed by atoms with Gasteiger partial charge in [-0.2, -0.15) is 0 Å². The highest BCUT2D eigenvalue weighted by atomic mass is 32.2. The number of rotatable bonds is 1. The number of nitrogen functional groups attached to an aromatic ring is 1. The van der Waals surface area contributed by atoms with Crippen LogP contribution in [0.3, 0.4) is 0 Å². The number of sulfone groups is 1. The Morgan fingerprint density at radius 3 is 2.85 bits per heavy atom. The zero-order valence-corrected chi connectivity index (χ0v) is 7.74. The third-order valence-electron chi connectivity index (χ3n) is 2.11. The molecule has 1 aromatic rings. The van der Waals surface area contributed by atoms with Gasteiger partial charge in [0.25, 0.3) is 0 Å². The van der Waals surface area contributed by atoms with Crippen LogP contribution < -0.4 is 5.73 Å². The van der Waals surface area contributed by atoms with Gasteiger partial charge in [0, 0.05) is 0 Å². The minimum atomic E-state index is -2.86. The molecule has 2 heterocycles. The summed E-state index contributed by atoms with van der Waals surface area (Å²) in [4.78, 5) is 3.74. The van der Waals surface area contributed by atoms with Crippen molar-refractivity contribution in [1.29, 1.82) is 0 Å². The summed E-state index contributed by atoms with van der Waals surface area (Å²) < 4.78 is 23.8. The first-order chi connectivity index (χ1) is 6.07. The molecule has 2 rings (SSSR count). The number of anilines is 1. The molecule has 6 nitrogen and oxygen atoms in total. The average molecular weight is 202 g/mol. The molecular weight excluding hydrogens is 192 g/mol. The summed E-state index contributed by atoms with van der Waals surface area (Å²) in [6.45, 7) is 0. The van der Waals surface area contributed by atoms with Crippen molar-refractivity contribution < 1.29 is 8.42 Å². The molecule has 1 fully saturated rings. The van der Waals surface area contributed by atoms with E-state index in [2.05, 4.69) is 10.1 Å². The maximum atomic E-state index is 11.1. The lowest BCUT2D eigenvalue weighted by atomic mass is 10.3. The van der Waals surface area contributed by atoms with E-state index in [0.717, 1.165) is 0 Å². The molecule has 1 aliphatic heterocycles. The quantitative estimate of drug-likeness (QED) is 0.645. The van der Waals surface area contributed by atoms with Gasteiger partial charge in [0.1, 0.15) is 6.33 Å². The van der Waals surface area contributed by atoms with Gasteiger partial charge in [-0.05, 0) is 6.42 Å². The van der Waals surface area contributed by atoms with E-state index in [9.17, 15) is 8.42 Å². The fraction of sp³-hybridized carbons (Fsp3) is 0.667. The third-order valence-corrected chi connectivity index (χ3v) is 3.86.